The van der Waals surface area contributed by atoms with Gasteiger partial charge in [-0.1, -0.05) is 32.9 Å². The minimum absolute atomic E-state index is 0.0948. The van der Waals surface area contributed by atoms with Gasteiger partial charge in [-0.05, 0) is 30.2 Å². The van der Waals surface area contributed by atoms with E-state index in [2.05, 4.69) is 20.8 Å². The second-order valence-corrected chi connectivity index (χ2v) is 6.33. The molecule has 0 bridgehead atoms. The Hall–Kier alpha value is -1.59. The largest absolute Gasteiger partial charge is 0.491 e. The Morgan fingerprint density at radius 1 is 1.29 bits per heavy atom. The molecular weight excluding hydrogens is 270 g/mol. The molecule has 1 aromatic rings. The van der Waals surface area contributed by atoms with Crippen LogP contribution in [0.15, 0.2) is 24.3 Å². The molecule has 0 radical (unpaired) electrons. The van der Waals surface area contributed by atoms with Crippen LogP contribution in [0.5, 0.6) is 5.75 Å². The molecule has 1 atom stereocenters. The van der Waals surface area contributed by atoms with Crippen molar-refractivity contribution in [3.63, 3.8) is 0 Å². The van der Waals surface area contributed by atoms with Crippen molar-refractivity contribution < 1.29 is 19.7 Å². The zero-order chi connectivity index (χ0) is 16.0. The number of aliphatic hydroxyl groups is 1. The highest BCUT2D eigenvalue weighted by Gasteiger charge is 2.14. The summed E-state index contributed by atoms with van der Waals surface area (Å²) in [6.07, 6.45) is -0.725. The van der Waals surface area contributed by atoms with E-state index in [1.54, 1.807) is 11.9 Å². The maximum absolute atomic E-state index is 10.5. The summed E-state index contributed by atoms with van der Waals surface area (Å²) < 4.78 is 5.52. The van der Waals surface area contributed by atoms with Gasteiger partial charge in [0, 0.05) is 6.54 Å². The number of carbonyl (C=O) groups is 1. The minimum atomic E-state index is -0.914. The molecule has 0 saturated carbocycles. The number of aliphatic carboxylic acids is 1. The van der Waals surface area contributed by atoms with Gasteiger partial charge >= 0.3 is 5.97 Å². The van der Waals surface area contributed by atoms with Crippen molar-refractivity contribution in [1.82, 2.24) is 4.90 Å². The molecular formula is C16H25NO4. The Balaban J connectivity index is 2.43. The fourth-order valence-electron chi connectivity index (χ4n) is 1.95. The molecule has 0 aliphatic rings. The lowest BCUT2D eigenvalue weighted by Crippen LogP contribution is -2.36. The fourth-order valence-corrected chi connectivity index (χ4v) is 1.95. The van der Waals surface area contributed by atoms with Gasteiger partial charge in [-0.15, -0.1) is 0 Å². The molecule has 0 aliphatic heterocycles. The Labute approximate surface area is 126 Å². The van der Waals surface area contributed by atoms with Crippen LogP contribution in [0.4, 0.5) is 0 Å². The van der Waals surface area contributed by atoms with Crippen LogP contribution in [0.1, 0.15) is 26.3 Å². The predicted octanol–water partition coefficient (Wildman–Crippen LogP) is 1.74. The van der Waals surface area contributed by atoms with E-state index < -0.39 is 12.1 Å². The summed E-state index contributed by atoms with van der Waals surface area (Å²) in [6, 6.07) is 7.79. The molecule has 0 saturated heterocycles. The maximum Gasteiger partial charge on any atom is 0.317 e. The van der Waals surface area contributed by atoms with E-state index in [9.17, 15) is 9.90 Å². The number of rotatable bonds is 7. The molecule has 1 rings (SSSR count). The summed E-state index contributed by atoms with van der Waals surface area (Å²) in [5.41, 5.74) is 1.31. The smallest absolute Gasteiger partial charge is 0.317 e. The number of hydrogen-bond acceptors (Lipinski definition) is 4. The first-order valence-corrected chi connectivity index (χ1v) is 7.00. The molecule has 21 heavy (non-hydrogen) atoms. The molecule has 0 spiro atoms. The van der Waals surface area contributed by atoms with Crippen LogP contribution in [-0.4, -0.2) is 53.9 Å². The van der Waals surface area contributed by atoms with Gasteiger partial charge in [-0.25, -0.2) is 0 Å². The van der Waals surface area contributed by atoms with Gasteiger partial charge in [0.1, 0.15) is 18.5 Å². The summed E-state index contributed by atoms with van der Waals surface area (Å²) in [7, 11) is 1.65. The molecule has 0 unspecified atom stereocenters. The van der Waals surface area contributed by atoms with Crippen molar-refractivity contribution in [3.8, 4) is 5.75 Å². The molecule has 0 amide bonds. The normalized spacial score (nSPS) is 13.2. The number of carboxylic acids is 1. The van der Waals surface area contributed by atoms with E-state index in [4.69, 9.17) is 9.84 Å². The zero-order valence-electron chi connectivity index (χ0n) is 13.2. The van der Waals surface area contributed by atoms with E-state index in [0.717, 1.165) is 0 Å². The van der Waals surface area contributed by atoms with Crippen LogP contribution in [0.3, 0.4) is 0 Å². The maximum atomic E-state index is 10.5. The lowest BCUT2D eigenvalue weighted by molar-refractivity contribution is -0.138. The lowest BCUT2D eigenvalue weighted by atomic mass is 9.87. The number of likely N-dealkylation sites (N-methyl/N-ethyl adjacent to an activating group) is 1. The summed E-state index contributed by atoms with van der Waals surface area (Å²) in [6.45, 7) is 6.73. The first-order valence-electron chi connectivity index (χ1n) is 7.00. The standard InChI is InChI=1S/C16H25NO4/c1-16(2,3)12-5-7-14(8-6-12)21-11-13(18)9-17(4)10-15(19)20/h5-8,13,18H,9-11H2,1-4H3,(H,19,20)/t13-/m0/s1. The monoisotopic (exact) mass is 295 g/mol. The van der Waals surface area contributed by atoms with Crippen molar-refractivity contribution in [2.24, 2.45) is 0 Å². The molecule has 1 aromatic carbocycles. The highest BCUT2D eigenvalue weighted by molar-refractivity contribution is 5.69. The molecule has 2 N–H and O–H groups in total. The number of benzene rings is 1. The molecule has 5 nitrogen and oxygen atoms in total. The number of nitrogens with zero attached hydrogens (tertiary/aromatic N) is 1. The molecule has 0 aromatic heterocycles. The second kappa shape index (κ2) is 7.43. The van der Waals surface area contributed by atoms with E-state index in [0.29, 0.717) is 5.75 Å². The third kappa shape index (κ3) is 6.60. The third-order valence-electron chi connectivity index (χ3n) is 3.09. The Morgan fingerprint density at radius 2 is 1.86 bits per heavy atom. The fraction of sp³-hybridized carbons (Fsp3) is 0.562. The Morgan fingerprint density at radius 3 is 2.33 bits per heavy atom. The lowest BCUT2D eigenvalue weighted by Gasteiger charge is -2.20. The quantitative estimate of drug-likeness (QED) is 0.802. The van der Waals surface area contributed by atoms with Crippen LogP contribution in [0.2, 0.25) is 0 Å². The van der Waals surface area contributed by atoms with Crippen LogP contribution >= 0.6 is 0 Å². The molecule has 0 heterocycles. The van der Waals surface area contributed by atoms with Crippen molar-refractivity contribution in [2.45, 2.75) is 32.3 Å². The van der Waals surface area contributed by atoms with E-state index in [1.165, 1.54) is 5.56 Å². The average molecular weight is 295 g/mol. The second-order valence-electron chi connectivity index (χ2n) is 6.33. The predicted molar refractivity (Wildman–Crippen MR) is 81.8 cm³/mol. The van der Waals surface area contributed by atoms with Crippen LogP contribution in [0, 0.1) is 0 Å². The summed E-state index contributed by atoms with van der Waals surface area (Å²) in [5.74, 6) is -0.216. The summed E-state index contributed by atoms with van der Waals surface area (Å²) in [5, 5.41) is 18.5. The average Bonchev–Trinajstić information content (AvgIpc) is 2.34. The molecule has 0 aliphatic carbocycles. The van der Waals surface area contributed by atoms with E-state index in [1.807, 2.05) is 24.3 Å². The molecule has 118 valence electrons. The van der Waals surface area contributed by atoms with Crippen molar-refractivity contribution >= 4 is 5.97 Å². The number of aliphatic hydroxyl groups excluding tert-OH is 1. The van der Waals surface area contributed by atoms with Crippen molar-refractivity contribution in [1.29, 1.82) is 0 Å². The highest BCUT2D eigenvalue weighted by Crippen LogP contribution is 2.24. The SMILES string of the molecule is CN(CC(=O)O)C[C@H](O)COc1ccc(C(C)(C)C)cc1. The Kier molecular flexibility index (Phi) is 6.18. The van der Waals surface area contributed by atoms with Gasteiger partial charge in [0.05, 0.1) is 6.54 Å². The number of hydrogen-bond donors (Lipinski definition) is 2. The van der Waals surface area contributed by atoms with Gasteiger partial charge in [0.2, 0.25) is 0 Å². The van der Waals surface area contributed by atoms with Gasteiger partial charge in [-0.2, -0.15) is 0 Å². The first kappa shape index (κ1) is 17.5. The van der Waals surface area contributed by atoms with Gasteiger partial charge < -0.3 is 14.9 Å². The van der Waals surface area contributed by atoms with Crippen molar-refractivity contribution in [3.05, 3.63) is 29.8 Å². The van der Waals surface area contributed by atoms with Gasteiger partial charge in [0.15, 0.2) is 0 Å². The number of carboxylic acid groups (broad SMARTS) is 1. The van der Waals surface area contributed by atoms with Crippen molar-refractivity contribution in [2.75, 3.05) is 26.7 Å². The minimum Gasteiger partial charge on any atom is -0.491 e. The van der Waals surface area contributed by atoms with Crippen LogP contribution in [-0.2, 0) is 10.2 Å². The Bertz CT molecular complexity index is 450. The van der Waals surface area contributed by atoms with E-state index in [-0.39, 0.29) is 25.1 Å². The highest BCUT2D eigenvalue weighted by atomic mass is 16.5. The molecule has 0 fully saturated rings. The first-order chi connectivity index (χ1) is 9.68. The zero-order valence-corrected chi connectivity index (χ0v) is 13.2. The van der Waals surface area contributed by atoms with E-state index >= 15 is 0 Å². The summed E-state index contributed by atoms with van der Waals surface area (Å²) in [4.78, 5) is 12.1. The topological polar surface area (TPSA) is 70.0 Å². The van der Waals surface area contributed by atoms with Crippen LogP contribution in [0.25, 0.3) is 0 Å². The van der Waals surface area contributed by atoms with Gasteiger partial charge in [-0.3, -0.25) is 9.69 Å². The number of ether oxygens (including phenoxy) is 1. The van der Waals surface area contributed by atoms with Crippen LogP contribution < -0.4 is 4.74 Å². The molecule has 5 heteroatoms. The van der Waals surface area contributed by atoms with Gasteiger partial charge in [0.25, 0.3) is 0 Å². The third-order valence-corrected chi connectivity index (χ3v) is 3.09. The summed E-state index contributed by atoms with van der Waals surface area (Å²) >= 11 is 0.